The Morgan fingerprint density at radius 1 is 0.744 bits per heavy atom. The molecule has 0 fully saturated rings. The Labute approximate surface area is 234 Å². The van der Waals surface area contributed by atoms with Crippen LogP contribution in [0.4, 0.5) is 17.1 Å². The Bertz CT molecular complexity index is 1640. The summed E-state index contributed by atoms with van der Waals surface area (Å²) in [6.07, 6.45) is 1.64. The van der Waals surface area contributed by atoms with Crippen LogP contribution in [-0.4, -0.2) is 40.3 Å². The normalized spacial score (nSPS) is 15.1. The van der Waals surface area contributed by atoms with Gasteiger partial charge in [0.15, 0.2) is 0 Å². The molecule has 0 saturated carbocycles. The summed E-state index contributed by atoms with van der Waals surface area (Å²) in [5.74, 6) is 0.723. The molecule has 0 saturated heterocycles. The monoisotopic (exact) mass is 583 g/mol. The first kappa shape index (κ1) is 25.4. The van der Waals surface area contributed by atoms with Gasteiger partial charge >= 0.3 is 166 Å². The van der Waals surface area contributed by atoms with Crippen LogP contribution in [0.3, 0.4) is 0 Å². The number of aryl methyl sites for hydroxylation is 2. The molecule has 0 atom stereocenters. The number of nitrogens with zero attached hydrogens (tertiary/aromatic N) is 1. The van der Waals surface area contributed by atoms with Gasteiger partial charge in [-0.2, -0.15) is 0 Å². The average molecular weight is 583 g/mol. The van der Waals surface area contributed by atoms with Gasteiger partial charge in [0.1, 0.15) is 0 Å². The fourth-order valence-electron chi connectivity index (χ4n) is 5.75. The average Bonchev–Trinajstić information content (AvgIpc) is 3.49. The van der Waals surface area contributed by atoms with Gasteiger partial charge in [0.25, 0.3) is 0 Å². The molecule has 0 unspecified atom stereocenters. The molecule has 1 aromatic heterocycles. The number of allylic oxidation sites excluding steroid dienone is 1. The molecular weight excluding hydrogens is 553 g/mol. The van der Waals surface area contributed by atoms with E-state index in [1.807, 2.05) is 22.0 Å². The number of Topliss-reactive ketones (excluding diaryl/α,β-unsaturated/α-hetero) is 2. The summed E-state index contributed by atoms with van der Waals surface area (Å²) in [7, 11) is 3.23. The predicted octanol–water partition coefficient (Wildman–Crippen LogP) is 6.95. The van der Waals surface area contributed by atoms with Crippen LogP contribution in [0, 0.1) is 13.8 Å². The SMILES string of the molecule is COc1cc(N2c3ccc(C)cc3C(C)(C)c3cc(C)ccc32)c(OC)cc1C=C1C(=O)c2c[se]cc2C1=O. The number of anilines is 3. The van der Waals surface area contributed by atoms with E-state index in [-0.39, 0.29) is 37.1 Å². The molecule has 5 nitrogen and oxygen atoms in total. The summed E-state index contributed by atoms with van der Waals surface area (Å²) in [6.45, 7) is 8.77. The number of ether oxygens (including phenoxy) is 2. The molecule has 0 amide bonds. The molecule has 4 aromatic rings. The first-order chi connectivity index (χ1) is 18.6. The van der Waals surface area contributed by atoms with Crippen LogP contribution in [0.15, 0.2) is 64.0 Å². The van der Waals surface area contributed by atoms with Crippen LogP contribution in [-0.2, 0) is 5.41 Å². The summed E-state index contributed by atoms with van der Waals surface area (Å²) >= 11 is 0.0662. The summed E-state index contributed by atoms with van der Waals surface area (Å²) in [5.41, 5.74) is 9.46. The molecule has 2 heterocycles. The summed E-state index contributed by atoms with van der Waals surface area (Å²) in [6, 6.07) is 16.9. The molecular formula is C33H29NO4Se. The molecule has 6 heteroatoms. The zero-order valence-corrected chi connectivity index (χ0v) is 24.6. The minimum atomic E-state index is -0.220. The maximum atomic E-state index is 13.0. The van der Waals surface area contributed by atoms with Crippen molar-refractivity contribution in [1.29, 1.82) is 0 Å². The third-order valence-corrected chi connectivity index (χ3v) is 9.41. The molecule has 0 bridgehead atoms. The topological polar surface area (TPSA) is 55.8 Å². The van der Waals surface area contributed by atoms with Gasteiger partial charge in [-0.05, 0) is 13.8 Å². The number of benzene rings is 3. The fraction of sp³-hybridized carbons (Fsp3) is 0.212. The second-order valence-corrected chi connectivity index (χ2v) is 12.2. The Morgan fingerprint density at radius 2 is 1.28 bits per heavy atom. The van der Waals surface area contributed by atoms with Crippen molar-refractivity contribution in [2.45, 2.75) is 33.1 Å². The summed E-state index contributed by atoms with van der Waals surface area (Å²) in [4.78, 5) is 32.0. The Kier molecular flexibility index (Phi) is 5.94. The van der Waals surface area contributed by atoms with Crippen LogP contribution in [0.1, 0.15) is 62.4 Å². The van der Waals surface area contributed by atoms with Crippen molar-refractivity contribution in [1.82, 2.24) is 0 Å². The predicted molar refractivity (Wildman–Crippen MR) is 156 cm³/mol. The van der Waals surface area contributed by atoms with Crippen LogP contribution < -0.4 is 14.4 Å². The molecule has 6 rings (SSSR count). The number of fused-ring (bicyclic) bond motifs is 3. The Morgan fingerprint density at radius 3 is 1.79 bits per heavy atom. The first-order valence-electron chi connectivity index (χ1n) is 12.8. The van der Waals surface area contributed by atoms with Crippen molar-refractivity contribution < 1.29 is 19.1 Å². The van der Waals surface area contributed by atoms with Gasteiger partial charge in [-0.3, -0.25) is 0 Å². The molecule has 1 aliphatic heterocycles. The Balaban J connectivity index is 1.56. The molecule has 0 N–H and O–H groups in total. The number of carbonyl (C=O) groups excluding carboxylic acids is 2. The number of hydrogen-bond donors (Lipinski definition) is 0. The van der Waals surface area contributed by atoms with Gasteiger partial charge in [0.2, 0.25) is 0 Å². The summed E-state index contributed by atoms with van der Waals surface area (Å²) < 4.78 is 11.8. The quantitative estimate of drug-likeness (QED) is 0.148. The van der Waals surface area contributed by atoms with E-state index in [1.54, 1.807) is 20.3 Å². The van der Waals surface area contributed by atoms with Crippen molar-refractivity contribution in [3.05, 3.63) is 103 Å². The van der Waals surface area contributed by atoms with E-state index in [9.17, 15) is 9.59 Å². The van der Waals surface area contributed by atoms with Gasteiger partial charge in [-0.1, -0.05) is 49.2 Å². The van der Waals surface area contributed by atoms with Crippen molar-refractivity contribution in [3.8, 4) is 11.5 Å². The second-order valence-electron chi connectivity index (χ2n) is 10.7. The van der Waals surface area contributed by atoms with Gasteiger partial charge < -0.3 is 0 Å². The van der Waals surface area contributed by atoms with Crippen LogP contribution >= 0.6 is 0 Å². The van der Waals surface area contributed by atoms with Crippen molar-refractivity contribution in [2.75, 3.05) is 19.1 Å². The minimum absolute atomic E-state index is 0.0662. The maximum absolute atomic E-state index is 13.0. The first-order valence-corrected chi connectivity index (χ1v) is 14.8. The molecule has 0 spiro atoms. The third-order valence-electron chi connectivity index (χ3n) is 7.85. The van der Waals surface area contributed by atoms with Crippen molar-refractivity contribution in [2.24, 2.45) is 0 Å². The van der Waals surface area contributed by atoms with E-state index >= 15 is 0 Å². The molecule has 196 valence electrons. The third kappa shape index (κ3) is 3.82. The fourth-order valence-corrected chi connectivity index (χ4v) is 7.44. The Hall–Kier alpha value is -3.86. The standard InChI is InChI=1S/C33H29NO4Se/c1-18-7-9-26-24(11-18)33(3,4)25-12-19(2)8-10-27(25)34(26)28-15-29(37-5)20(14-30(28)38-6)13-21-31(35)22-16-39-17-23(22)32(21)36/h7-17H,1-6H3. The number of methoxy groups -OCH3 is 2. The van der Waals surface area contributed by atoms with E-state index in [0.29, 0.717) is 28.2 Å². The van der Waals surface area contributed by atoms with Gasteiger partial charge in [0, 0.05) is 5.41 Å². The van der Waals surface area contributed by atoms with E-state index in [2.05, 4.69) is 69.0 Å². The van der Waals surface area contributed by atoms with Gasteiger partial charge in [-0.25, -0.2) is 0 Å². The molecule has 0 radical (unpaired) electrons. The van der Waals surface area contributed by atoms with E-state index in [0.717, 1.165) is 17.1 Å². The second kappa shape index (κ2) is 9.11. The number of ketones is 2. The van der Waals surface area contributed by atoms with Crippen LogP contribution in [0.5, 0.6) is 11.5 Å². The van der Waals surface area contributed by atoms with Gasteiger partial charge in [0.05, 0.1) is 0 Å². The van der Waals surface area contributed by atoms with Gasteiger partial charge in [-0.15, -0.1) is 0 Å². The number of rotatable bonds is 4. The van der Waals surface area contributed by atoms with E-state index in [1.165, 1.54) is 22.3 Å². The van der Waals surface area contributed by atoms with Crippen LogP contribution in [0.2, 0.25) is 0 Å². The van der Waals surface area contributed by atoms with E-state index < -0.39 is 0 Å². The molecule has 2 aliphatic rings. The number of hydrogen-bond acceptors (Lipinski definition) is 5. The van der Waals surface area contributed by atoms with Crippen molar-refractivity contribution in [3.63, 3.8) is 0 Å². The molecule has 39 heavy (non-hydrogen) atoms. The number of carbonyl (C=O) groups is 2. The zero-order valence-electron chi connectivity index (χ0n) is 22.8. The molecule has 1 aliphatic carbocycles. The molecule has 3 aromatic carbocycles. The van der Waals surface area contributed by atoms with Crippen LogP contribution in [0.25, 0.3) is 6.08 Å². The zero-order chi connectivity index (χ0) is 27.6. The summed E-state index contributed by atoms with van der Waals surface area (Å²) in [5, 5.41) is 0. The van der Waals surface area contributed by atoms with E-state index in [4.69, 9.17) is 9.47 Å². The van der Waals surface area contributed by atoms with Crippen molar-refractivity contribution >= 4 is 49.2 Å².